The molecule has 0 saturated heterocycles. The van der Waals surface area contributed by atoms with Gasteiger partial charge in [-0.05, 0) is 18.3 Å². The van der Waals surface area contributed by atoms with Gasteiger partial charge in [0.2, 0.25) is 0 Å². The summed E-state index contributed by atoms with van der Waals surface area (Å²) in [5.74, 6) is 0. The molecule has 0 bridgehead atoms. The van der Waals surface area contributed by atoms with Crippen LogP contribution in [0.2, 0.25) is 0 Å². The summed E-state index contributed by atoms with van der Waals surface area (Å²) in [5.41, 5.74) is 1.96. The maximum absolute atomic E-state index is 2.35. The van der Waals surface area contributed by atoms with Gasteiger partial charge in [0.25, 0.3) is 0 Å². The minimum absolute atomic E-state index is 0.380. The summed E-state index contributed by atoms with van der Waals surface area (Å²) < 4.78 is 0. The van der Waals surface area contributed by atoms with E-state index in [0.717, 1.165) is 0 Å². The van der Waals surface area contributed by atoms with Crippen LogP contribution in [0.5, 0.6) is 0 Å². The lowest BCUT2D eigenvalue weighted by Gasteiger charge is -2.21. The monoisotopic (exact) mass is 140 g/mol. The van der Waals surface area contributed by atoms with Gasteiger partial charge in [0.15, 0.2) is 0 Å². The third-order valence-corrected chi connectivity index (χ3v) is 1.79. The second kappa shape index (κ2) is 3.80. The normalized spacial score (nSPS) is 13.9. The molecule has 0 radical (unpaired) electrons. The minimum atomic E-state index is 0.380. The molecule has 0 fully saturated rings. The average Bonchev–Trinajstić information content (AvgIpc) is 1.80. The van der Waals surface area contributed by atoms with E-state index in [0.29, 0.717) is 5.41 Å². The van der Waals surface area contributed by atoms with Crippen LogP contribution in [0.15, 0.2) is 11.6 Å². The lowest BCUT2D eigenvalue weighted by Crippen LogP contribution is -2.08. The molecule has 60 valence electrons. The van der Waals surface area contributed by atoms with Crippen molar-refractivity contribution in [2.45, 2.75) is 47.5 Å². The molecule has 0 N–H and O–H groups in total. The number of hydrogen-bond donors (Lipinski definition) is 0. The van der Waals surface area contributed by atoms with Crippen molar-refractivity contribution < 1.29 is 0 Å². The molecule has 0 heterocycles. The van der Waals surface area contributed by atoms with Gasteiger partial charge in [-0.25, -0.2) is 0 Å². The largest absolute Gasteiger partial charge is 0.0851 e. The fraction of sp³-hybridized carbons (Fsp3) is 0.800. The molecule has 0 rings (SSSR count). The molecule has 0 nitrogen and oxygen atoms in total. The number of rotatable bonds is 2. The van der Waals surface area contributed by atoms with Gasteiger partial charge in [-0.2, -0.15) is 0 Å². The molecule has 10 heavy (non-hydrogen) atoms. The van der Waals surface area contributed by atoms with Gasteiger partial charge in [0.05, 0.1) is 0 Å². The fourth-order valence-corrected chi connectivity index (χ4v) is 1.23. The zero-order valence-corrected chi connectivity index (χ0v) is 7.99. The molecule has 0 aromatic heterocycles. The Balaban J connectivity index is 4.21. The summed E-state index contributed by atoms with van der Waals surface area (Å²) in [6.07, 6.45) is 4.71. The highest BCUT2D eigenvalue weighted by atomic mass is 14.2. The summed E-state index contributed by atoms with van der Waals surface area (Å²) >= 11 is 0. The van der Waals surface area contributed by atoms with Crippen LogP contribution in [0, 0.1) is 5.41 Å². The van der Waals surface area contributed by atoms with Gasteiger partial charge in [-0.15, -0.1) is 0 Å². The standard InChI is InChI=1S/C10H20/c1-6-8-9(7-2)10(3,4)5/h8H,6-7H2,1-5H3/b9-8-. The second-order valence-corrected chi connectivity index (χ2v) is 3.74. The topological polar surface area (TPSA) is 0 Å². The predicted molar refractivity (Wildman–Crippen MR) is 48.1 cm³/mol. The first kappa shape index (κ1) is 9.74. The zero-order chi connectivity index (χ0) is 8.20. The molecule has 0 spiro atoms. The lowest BCUT2D eigenvalue weighted by molar-refractivity contribution is 0.486. The van der Waals surface area contributed by atoms with E-state index in [-0.39, 0.29) is 0 Å². The van der Waals surface area contributed by atoms with Crippen LogP contribution in [0.1, 0.15) is 47.5 Å². The fourth-order valence-electron chi connectivity index (χ4n) is 1.23. The van der Waals surface area contributed by atoms with E-state index in [2.05, 4.69) is 40.7 Å². The summed E-state index contributed by atoms with van der Waals surface area (Å²) in [6, 6.07) is 0. The van der Waals surface area contributed by atoms with E-state index < -0.39 is 0 Å². The quantitative estimate of drug-likeness (QED) is 0.512. The van der Waals surface area contributed by atoms with Crippen LogP contribution in [0.4, 0.5) is 0 Å². The van der Waals surface area contributed by atoms with Crippen LogP contribution < -0.4 is 0 Å². The lowest BCUT2D eigenvalue weighted by atomic mass is 9.84. The van der Waals surface area contributed by atoms with Crippen molar-refractivity contribution >= 4 is 0 Å². The van der Waals surface area contributed by atoms with Crippen LogP contribution in [-0.2, 0) is 0 Å². The molecule has 0 saturated carbocycles. The van der Waals surface area contributed by atoms with Gasteiger partial charge in [0.1, 0.15) is 0 Å². The molecule has 0 amide bonds. The summed E-state index contributed by atoms with van der Waals surface area (Å²) in [7, 11) is 0. The van der Waals surface area contributed by atoms with Gasteiger partial charge in [0, 0.05) is 0 Å². The Morgan fingerprint density at radius 3 is 1.80 bits per heavy atom. The van der Waals surface area contributed by atoms with Crippen molar-refractivity contribution in [3.8, 4) is 0 Å². The molecule has 0 aliphatic heterocycles. The van der Waals surface area contributed by atoms with Gasteiger partial charge in [-0.3, -0.25) is 0 Å². The van der Waals surface area contributed by atoms with Crippen molar-refractivity contribution in [3.05, 3.63) is 11.6 Å². The molecule has 0 aromatic rings. The number of allylic oxidation sites excluding steroid dienone is 2. The summed E-state index contributed by atoms with van der Waals surface area (Å²) in [4.78, 5) is 0. The molecule has 0 aromatic carbocycles. The molecule has 0 atom stereocenters. The average molecular weight is 140 g/mol. The zero-order valence-electron chi connectivity index (χ0n) is 7.99. The molecule has 0 heteroatoms. The Morgan fingerprint density at radius 2 is 1.70 bits per heavy atom. The van der Waals surface area contributed by atoms with Gasteiger partial charge in [-0.1, -0.05) is 46.3 Å². The highest BCUT2D eigenvalue weighted by Crippen LogP contribution is 2.27. The van der Waals surface area contributed by atoms with E-state index in [1.807, 2.05) is 0 Å². The number of hydrogen-bond acceptors (Lipinski definition) is 0. The Labute approximate surface area is 65.3 Å². The van der Waals surface area contributed by atoms with Crippen molar-refractivity contribution in [2.24, 2.45) is 5.41 Å². The van der Waals surface area contributed by atoms with Crippen molar-refractivity contribution in [3.63, 3.8) is 0 Å². The molecule has 0 aliphatic rings. The summed E-state index contributed by atoms with van der Waals surface area (Å²) in [5, 5.41) is 0. The van der Waals surface area contributed by atoms with Gasteiger partial charge >= 0.3 is 0 Å². The third kappa shape index (κ3) is 3.05. The molecular formula is C10H20. The predicted octanol–water partition coefficient (Wildman–Crippen LogP) is 3.78. The molecular weight excluding hydrogens is 120 g/mol. The maximum Gasteiger partial charge on any atom is -0.0173 e. The van der Waals surface area contributed by atoms with E-state index in [1.165, 1.54) is 12.8 Å². The minimum Gasteiger partial charge on any atom is -0.0851 e. The van der Waals surface area contributed by atoms with Crippen molar-refractivity contribution in [2.75, 3.05) is 0 Å². The van der Waals surface area contributed by atoms with Crippen LogP contribution in [0.25, 0.3) is 0 Å². The molecule has 0 aliphatic carbocycles. The van der Waals surface area contributed by atoms with Crippen LogP contribution in [-0.4, -0.2) is 0 Å². The van der Waals surface area contributed by atoms with Crippen LogP contribution >= 0.6 is 0 Å². The van der Waals surface area contributed by atoms with E-state index in [9.17, 15) is 0 Å². The maximum atomic E-state index is 2.35. The first-order valence-corrected chi connectivity index (χ1v) is 4.21. The van der Waals surface area contributed by atoms with Crippen molar-refractivity contribution in [1.82, 2.24) is 0 Å². The van der Waals surface area contributed by atoms with Crippen molar-refractivity contribution in [1.29, 1.82) is 0 Å². The first-order chi connectivity index (χ1) is 4.52. The van der Waals surface area contributed by atoms with Crippen LogP contribution in [0.3, 0.4) is 0 Å². The first-order valence-electron chi connectivity index (χ1n) is 4.21. The van der Waals surface area contributed by atoms with Gasteiger partial charge < -0.3 is 0 Å². The SMILES string of the molecule is CC/C=C(/CC)C(C)(C)C. The smallest absolute Gasteiger partial charge is 0.0173 e. The van der Waals surface area contributed by atoms with E-state index >= 15 is 0 Å². The Hall–Kier alpha value is -0.260. The highest BCUT2D eigenvalue weighted by Gasteiger charge is 2.13. The van der Waals surface area contributed by atoms with E-state index in [4.69, 9.17) is 0 Å². The third-order valence-electron chi connectivity index (χ3n) is 1.79. The van der Waals surface area contributed by atoms with E-state index in [1.54, 1.807) is 5.57 Å². The highest BCUT2D eigenvalue weighted by molar-refractivity contribution is 5.09. The Bertz CT molecular complexity index is 112. The Morgan fingerprint density at radius 1 is 1.20 bits per heavy atom. The Kier molecular flexibility index (Phi) is 3.70. The second-order valence-electron chi connectivity index (χ2n) is 3.74. The summed E-state index contributed by atoms with van der Waals surface area (Å²) in [6.45, 7) is 11.3. The molecule has 0 unspecified atom stereocenters.